The van der Waals surface area contributed by atoms with E-state index in [1.54, 1.807) is 18.2 Å². The van der Waals surface area contributed by atoms with Gasteiger partial charge < -0.3 is 19.5 Å². The van der Waals surface area contributed by atoms with E-state index in [1.807, 2.05) is 17.0 Å². The summed E-state index contributed by atoms with van der Waals surface area (Å²) in [4.78, 5) is 15.9. The summed E-state index contributed by atoms with van der Waals surface area (Å²) in [6.07, 6.45) is 4.57. The monoisotopic (exact) mass is 470 g/mol. The first-order valence-electron chi connectivity index (χ1n) is 12.3. The maximum Gasteiger partial charge on any atom is 0.222 e. The van der Waals surface area contributed by atoms with Crippen molar-refractivity contribution in [1.82, 2.24) is 9.80 Å². The van der Waals surface area contributed by atoms with Gasteiger partial charge in [-0.05, 0) is 68.5 Å². The molecule has 0 saturated carbocycles. The van der Waals surface area contributed by atoms with E-state index >= 15 is 0 Å². The van der Waals surface area contributed by atoms with E-state index < -0.39 is 11.4 Å². The minimum Gasteiger partial charge on any atom is -0.494 e. The molecule has 0 spiro atoms. The molecule has 2 aliphatic rings. The Labute approximate surface area is 201 Å². The van der Waals surface area contributed by atoms with Gasteiger partial charge in [-0.3, -0.25) is 9.69 Å². The van der Waals surface area contributed by atoms with Crippen LogP contribution >= 0.6 is 0 Å². The van der Waals surface area contributed by atoms with Crippen molar-refractivity contribution in [3.8, 4) is 11.5 Å². The molecule has 7 heteroatoms. The first kappa shape index (κ1) is 24.5. The average molecular weight is 471 g/mol. The lowest BCUT2D eigenvalue weighted by Gasteiger charge is -2.27. The number of nitrogens with zero attached hydrogens (tertiary/aromatic N) is 2. The highest BCUT2D eigenvalue weighted by Gasteiger charge is 2.31. The fourth-order valence-electron chi connectivity index (χ4n) is 4.65. The molecule has 0 aliphatic carbocycles. The van der Waals surface area contributed by atoms with Crippen LogP contribution in [0.25, 0.3) is 0 Å². The van der Waals surface area contributed by atoms with Gasteiger partial charge >= 0.3 is 0 Å². The van der Waals surface area contributed by atoms with Crippen LogP contribution < -0.4 is 9.47 Å². The summed E-state index contributed by atoms with van der Waals surface area (Å²) in [5, 5.41) is 11.0. The molecule has 184 valence electrons. The Morgan fingerprint density at radius 1 is 0.971 bits per heavy atom. The van der Waals surface area contributed by atoms with Crippen LogP contribution in [0, 0.1) is 5.82 Å². The molecule has 0 aromatic heterocycles. The van der Waals surface area contributed by atoms with E-state index in [2.05, 4.69) is 17.0 Å². The summed E-state index contributed by atoms with van der Waals surface area (Å²) >= 11 is 0. The molecule has 2 aliphatic heterocycles. The van der Waals surface area contributed by atoms with Crippen LogP contribution in [-0.2, 0) is 11.3 Å². The van der Waals surface area contributed by atoms with E-state index in [-0.39, 0.29) is 18.3 Å². The van der Waals surface area contributed by atoms with E-state index in [0.717, 1.165) is 57.7 Å². The number of carbonyl (C=O) groups is 1. The summed E-state index contributed by atoms with van der Waals surface area (Å²) in [5.74, 6) is 0.875. The first-order chi connectivity index (χ1) is 16.5. The summed E-state index contributed by atoms with van der Waals surface area (Å²) in [7, 11) is 0. The second kappa shape index (κ2) is 11.7. The minimum atomic E-state index is -0.950. The number of ether oxygens (including phenoxy) is 2. The Kier molecular flexibility index (Phi) is 8.40. The molecule has 1 atom stereocenters. The highest BCUT2D eigenvalue weighted by Crippen LogP contribution is 2.26. The van der Waals surface area contributed by atoms with Gasteiger partial charge in [0.25, 0.3) is 0 Å². The van der Waals surface area contributed by atoms with Gasteiger partial charge in [0.05, 0.1) is 12.2 Å². The van der Waals surface area contributed by atoms with Crippen molar-refractivity contribution in [3.05, 3.63) is 59.9 Å². The highest BCUT2D eigenvalue weighted by molar-refractivity contribution is 5.77. The lowest BCUT2D eigenvalue weighted by molar-refractivity contribution is -0.127. The van der Waals surface area contributed by atoms with Crippen molar-refractivity contribution in [3.63, 3.8) is 0 Å². The molecule has 6 nitrogen and oxygen atoms in total. The molecular weight excluding hydrogens is 435 g/mol. The average Bonchev–Trinajstić information content (AvgIpc) is 3.16. The number of amides is 1. The molecule has 2 saturated heterocycles. The van der Waals surface area contributed by atoms with Crippen LogP contribution in [0.5, 0.6) is 11.5 Å². The zero-order valence-corrected chi connectivity index (χ0v) is 19.8. The zero-order chi connectivity index (χ0) is 23.8. The Bertz CT molecular complexity index is 938. The first-order valence-corrected chi connectivity index (χ1v) is 12.3. The lowest BCUT2D eigenvalue weighted by atomic mass is 9.96. The van der Waals surface area contributed by atoms with E-state index in [1.165, 1.54) is 11.6 Å². The van der Waals surface area contributed by atoms with Gasteiger partial charge in [-0.15, -0.1) is 0 Å². The van der Waals surface area contributed by atoms with Gasteiger partial charge in [0.15, 0.2) is 11.6 Å². The third-order valence-corrected chi connectivity index (χ3v) is 6.68. The van der Waals surface area contributed by atoms with Crippen LogP contribution in [0.2, 0.25) is 0 Å². The largest absolute Gasteiger partial charge is 0.494 e. The summed E-state index contributed by atoms with van der Waals surface area (Å²) in [5.41, 5.74) is 0.247. The Morgan fingerprint density at radius 2 is 1.79 bits per heavy atom. The number of rotatable bonds is 10. The topological polar surface area (TPSA) is 62.2 Å². The molecule has 1 amide bonds. The second-order valence-electron chi connectivity index (χ2n) is 9.40. The van der Waals surface area contributed by atoms with Crippen LogP contribution in [0.4, 0.5) is 4.39 Å². The van der Waals surface area contributed by atoms with Crippen molar-refractivity contribution in [2.45, 2.75) is 50.7 Å². The molecule has 34 heavy (non-hydrogen) atoms. The third kappa shape index (κ3) is 6.93. The van der Waals surface area contributed by atoms with E-state index in [0.29, 0.717) is 25.9 Å². The number of aliphatic hydroxyl groups is 1. The van der Waals surface area contributed by atoms with Gasteiger partial charge in [0.1, 0.15) is 12.4 Å². The summed E-state index contributed by atoms with van der Waals surface area (Å²) in [6.45, 7) is 4.80. The van der Waals surface area contributed by atoms with Crippen LogP contribution in [0.1, 0.15) is 44.1 Å². The number of likely N-dealkylation sites (tertiary alicyclic amines) is 2. The number of hydrogen-bond donors (Lipinski definition) is 1. The zero-order valence-electron chi connectivity index (χ0n) is 19.8. The molecule has 2 aromatic rings. The Balaban J connectivity index is 1.19. The fraction of sp³-hybridized carbons (Fsp3) is 0.519. The molecule has 0 bridgehead atoms. The highest BCUT2D eigenvalue weighted by atomic mass is 19.1. The quantitative estimate of drug-likeness (QED) is 0.532. The van der Waals surface area contributed by atoms with Gasteiger partial charge in [0, 0.05) is 32.6 Å². The van der Waals surface area contributed by atoms with Crippen LogP contribution in [0.3, 0.4) is 0 Å². The minimum absolute atomic E-state index is 0.0970. The van der Waals surface area contributed by atoms with Crippen molar-refractivity contribution >= 4 is 5.91 Å². The van der Waals surface area contributed by atoms with Gasteiger partial charge in [-0.2, -0.15) is 0 Å². The van der Waals surface area contributed by atoms with Crippen molar-refractivity contribution < 1.29 is 23.8 Å². The summed E-state index contributed by atoms with van der Waals surface area (Å²) < 4.78 is 25.2. The smallest absolute Gasteiger partial charge is 0.222 e. The third-order valence-electron chi connectivity index (χ3n) is 6.68. The SMILES string of the molecule is O=C1CCCN1CCCOc1ccc(CN2CCC[C@@](O)(COc3ccccc3F)CC2)cc1. The van der Waals surface area contributed by atoms with Crippen molar-refractivity contribution in [2.75, 3.05) is 39.4 Å². The molecule has 2 heterocycles. The number of carbonyl (C=O) groups excluding carboxylic acids is 1. The van der Waals surface area contributed by atoms with Gasteiger partial charge in [-0.25, -0.2) is 4.39 Å². The molecule has 1 N–H and O–H groups in total. The van der Waals surface area contributed by atoms with Gasteiger partial charge in [0.2, 0.25) is 5.91 Å². The van der Waals surface area contributed by atoms with E-state index in [4.69, 9.17) is 9.47 Å². The number of hydrogen-bond acceptors (Lipinski definition) is 5. The summed E-state index contributed by atoms with van der Waals surface area (Å²) in [6, 6.07) is 14.4. The predicted octanol–water partition coefficient (Wildman–Crippen LogP) is 4.01. The lowest BCUT2D eigenvalue weighted by Crippen LogP contribution is -2.37. The molecule has 2 fully saturated rings. The van der Waals surface area contributed by atoms with Gasteiger partial charge in [-0.1, -0.05) is 24.3 Å². The number of halogens is 1. The molecule has 0 unspecified atom stereocenters. The number of para-hydroxylation sites is 1. The number of benzene rings is 2. The van der Waals surface area contributed by atoms with Crippen LogP contribution in [-0.4, -0.2) is 65.8 Å². The molecular formula is C27H35FN2O4. The Hall–Kier alpha value is -2.64. The fourth-order valence-corrected chi connectivity index (χ4v) is 4.65. The second-order valence-corrected chi connectivity index (χ2v) is 9.40. The Morgan fingerprint density at radius 3 is 2.56 bits per heavy atom. The van der Waals surface area contributed by atoms with Crippen LogP contribution in [0.15, 0.2) is 48.5 Å². The van der Waals surface area contributed by atoms with E-state index in [9.17, 15) is 14.3 Å². The van der Waals surface area contributed by atoms with Crippen molar-refractivity contribution in [1.29, 1.82) is 0 Å². The van der Waals surface area contributed by atoms with Crippen molar-refractivity contribution in [2.24, 2.45) is 0 Å². The standard InChI is InChI=1S/C27H35FN2O4/c28-24-6-1-2-7-25(24)34-21-27(32)13-4-15-29(18-14-27)20-22-9-11-23(12-10-22)33-19-5-17-30-16-3-8-26(30)31/h1-2,6-7,9-12,32H,3-5,8,13-21H2/t27-/m0/s1. The predicted molar refractivity (Wildman–Crippen MR) is 128 cm³/mol. The molecule has 4 rings (SSSR count). The molecule has 0 radical (unpaired) electrons. The normalized spacial score (nSPS) is 21.5. The maximum atomic E-state index is 13.8. The maximum absolute atomic E-state index is 13.8. The molecule has 2 aromatic carbocycles.